The fourth-order valence-corrected chi connectivity index (χ4v) is 2.04. The molecule has 1 N–H and O–H groups in total. The summed E-state index contributed by atoms with van der Waals surface area (Å²) < 4.78 is 1.92. The second kappa shape index (κ2) is 5.24. The van der Waals surface area contributed by atoms with Gasteiger partial charge in [0.05, 0.1) is 18.1 Å². The molecule has 0 saturated carbocycles. The van der Waals surface area contributed by atoms with Gasteiger partial charge in [0.15, 0.2) is 5.65 Å². The van der Waals surface area contributed by atoms with Gasteiger partial charge in [-0.15, -0.1) is 0 Å². The molecule has 0 atom stereocenters. The highest BCUT2D eigenvalue weighted by Crippen LogP contribution is 2.19. The minimum absolute atomic E-state index is 0.306. The first-order valence-corrected chi connectivity index (χ1v) is 6.55. The highest BCUT2D eigenvalue weighted by molar-refractivity contribution is 5.78. The van der Waals surface area contributed by atoms with E-state index in [1.807, 2.05) is 17.1 Å². The van der Waals surface area contributed by atoms with Crippen molar-refractivity contribution in [1.82, 2.24) is 24.7 Å². The van der Waals surface area contributed by atoms with Gasteiger partial charge >= 0.3 is 0 Å². The Morgan fingerprint density at radius 2 is 1.95 bits per heavy atom. The summed E-state index contributed by atoms with van der Waals surface area (Å²) in [5.41, 5.74) is 2.91. The molecule has 0 amide bonds. The largest absolute Gasteiger partial charge is 0.380 e. The van der Waals surface area contributed by atoms with Crippen molar-refractivity contribution in [2.45, 2.75) is 26.4 Å². The average Bonchev–Trinajstić information content (AvgIpc) is 2.89. The summed E-state index contributed by atoms with van der Waals surface area (Å²) in [5.74, 6) is 0. The summed E-state index contributed by atoms with van der Waals surface area (Å²) in [6.45, 7) is 4.86. The van der Waals surface area contributed by atoms with Crippen LogP contribution in [0.4, 0.5) is 5.69 Å². The number of anilines is 1. The van der Waals surface area contributed by atoms with E-state index in [-0.39, 0.29) is 0 Å². The zero-order chi connectivity index (χ0) is 13.9. The summed E-state index contributed by atoms with van der Waals surface area (Å²) in [7, 11) is 0. The second-order valence-electron chi connectivity index (χ2n) is 4.92. The van der Waals surface area contributed by atoms with E-state index in [0.717, 1.165) is 22.3 Å². The van der Waals surface area contributed by atoms with Crippen LogP contribution in [0.3, 0.4) is 0 Å². The molecule has 0 aliphatic rings. The zero-order valence-electron chi connectivity index (χ0n) is 11.5. The van der Waals surface area contributed by atoms with Crippen molar-refractivity contribution in [2.75, 3.05) is 5.32 Å². The quantitative estimate of drug-likeness (QED) is 0.787. The summed E-state index contributed by atoms with van der Waals surface area (Å²) >= 11 is 0. The minimum atomic E-state index is 0.306. The lowest BCUT2D eigenvalue weighted by Gasteiger charge is -2.08. The Kier molecular flexibility index (Phi) is 3.28. The van der Waals surface area contributed by atoms with Crippen LogP contribution in [0.25, 0.3) is 11.0 Å². The van der Waals surface area contributed by atoms with Crippen LogP contribution in [0.5, 0.6) is 0 Å². The Morgan fingerprint density at radius 3 is 2.70 bits per heavy atom. The van der Waals surface area contributed by atoms with Gasteiger partial charge < -0.3 is 5.32 Å². The molecule has 3 aromatic heterocycles. The summed E-state index contributed by atoms with van der Waals surface area (Å²) in [6, 6.07) is 2.36. The van der Waals surface area contributed by atoms with Gasteiger partial charge in [-0.25, -0.2) is 19.6 Å². The van der Waals surface area contributed by atoms with Gasteiger partial charge in [-0.3, -0.25) is 0 Å². The molecule has 0 spiro atoms. The molecule has 102 valence electrons. The number of nitrogens with one attached hydrogen (secondary N) is 1. The number of fused-ring (bicyclic) bond motifs is 1. The molecule has 0 saturated heterocycles. The molecular weight excluding hydrogens is 252 g/mol. The Balaban J connectivity index is 1.80. The highest BCUT2D eigenvalue weighted by atomic mass is 15.3. The number of nitrogens with zero attached hydrogens (tertiary/aromatic N) is 5. The Hall–Kier alpha value is -2.50. The fraction of sp³-hybridized carbons (Fsp3) is 0.286. The number of rotatable bonds is 4. The molecule has 3 rings (SSSR count). The lowest BCUT2D eigenvalue weighted by molar-refractivity contribution is 0.546. The fourth-order valence-electron chi connectivity index (χ4n) is 2.04. The molecule has 3 aromatic rings. The number of hydrogen-bond acceptors (Lipinski definition) is 5. The predicted octanol–water partition coefficient (Wildman–Crippen LogP) is 2.41. The maximum atomic E-state index is 4.48. The third kappa shape index (κ3) is 2.45. The van der Waals surface area contributed by atoms with Crippen molar-refractivity contribution >= 4 is 16.7 Å². The van der Waals surface area contributed by atoms with Crippen molar-refractivity contribution in [3.8, 4) is 0 Å². The van der Waals surface area contributed by atoms with Crippen LogP contribution in [-0.2, 0) is 6.54 Å². The monoisotopic (exact) mass is 268 g/mol. The lowest BCUT2D eigenvalue weighted by atomic mass is 10.3. The van der Waals surface area contributed by atoms with E-state index in [2.05, 4.69) is 45.3 Å². The maximum absolute atomic E-state index is 4.48. The SMILES string of the molecule is CC(C)n1ncc2cc(NCc3cncnc3)cnc21. The van der Waals surface area contributed by atoms with E-state index in [1.165, 1.54) is 6.33 Å². The molecule has 0 fully saturated rings. The lowest BCUT2D eigenvalue weighted by Crippen LogP contribution is -2.04. The summed E-state index contributed by atoms with van der Waals surface area (Å²) in [6.07, 6.45) is 8.79. The van der Waals surface area contributed by atoms with Gasteiger partial charge in [0.2, 0.25) is 0 Å². The van der Waals surface area contributed by atoms with Gasteiger partial charge in [-0.05, 0) is 19.9 Å². The molecule has 0 bridgehead atoms. The molecule has 6 heteroatoms. The van der Waals surface area contributed by atoms with Crippen LogP contribution in [0.1, 0.15) is 25.5 Å². The Morgan fingerprint density at radius 1 is 1.15 bits per heavy atom. The summed E-state index contributed by atoms with van der Waals surface area (Å²) in [4.78, 5) is 12.5. The van der Waals surface area contributed by atoms with Crippen molar-refractivity contribution in [1.29, 1.82) is 0 Å². The maximum Gasteiger partial charge on any atom is 0.158 e. The number of aromatic nitrogens is 5. The van der Waals surface area contributed by atoms with Crippen molar-refractivity contribution in [3.05, 3.63) is 42.7 Å². The van der Waals surface area contributed by atoms with Gasteiger partial charge in [-0.2, -0.15) is 5.10 Å². The smallest absolute Gasteiger partial charge is 0.158 e. The van der Waals surface area contributed by atoms with E-state index in [1.54, 1.807) is 12.4 Å². The van der Waals surface area contributed by atoms with Crippen LogP contribution < -0.4 is 5.32 Å². The molecule has 0 aliphatic heterocycles. The van der Waals surface area contributed by atoms with E-state index in [4.69, 9.17) is 0 Å². The third-order valence-corrected chi connectivity index (χ3v) is 3.03. The van der Waals surface area contributed by atoms with Crippen molar-refractivity contribution < 1.29 is 0 Å². The third-order valence-electron chi connectivity index (χ3n) is 3.03. The first-order valence-electron chi connectivity index (χ1n) is 6.55. The van der Waals surface area contributed by atoms with Crippen LogP contribution in [0, 0.1) is 0 Å². The van der Waals surface area contributed by atoms with E-state index >= 15 is 0 Å². The van der Waals surface area contributed by atoms with Gasteiger partial charge in [-0.1, -0.05) is 0 Å². The van der Waals surface area contributed by atoms with Crippen LogP contribution in [-0.4, -0.2) is 24.7 Å². The molecular formula is C14H16N6. The van der Waals surface area contributed by atoms with E-state index < -0.39 is 0 Å². The highest BCUT2D eigenvalue weighted by Gasteiger charge is 2.07. The Labute approximate surface area is 116 Å². The first-order chi connectivity index (χ1) is 9.74. The number of pyridine rings is 1. The van der Waals surface area contributed by atoms with E-state index in [9.17, 15) is 0 Å². The first kappa shape index (κ1) is 12.5. The van der Waals surface area contributed by atoms with Crippen molar-refractivity contribution in [2.24, 2.45) is 0 Å². The van der Waals surface area contributed by atoms with Crippen LogP contribution >= 0.6 is 0 Å². The Bertz CT molecular complexity index is 704. The zero-order valence-corrected chi connectivity index (χ0v) is 11.5. The molecule has 6 nitrogen and oxygen atoms in total. The molecule has 0 unspecified atom stereocenters. The molecule has 0 aliphatic carbocycles. The van der Waals surface area contributed by atoms with Crippen LogP contribution in [0.15, 0.2) is 37.2 Å². The van der Waals surface area contributed by atoms with Gasteiger partial charge in [0, 0.05) is 35.9 Å². The topological polar surface area (TPSA) is 68.5 Å². The summed E-state index contributed by atoms with van der Waals surface area (Å²) in [5, 5.41) is 8.71. The normalized spacial score (nSPS) is 11.2. The molecule has 3 heterocycles. The predicted molar refractivity (Wildman–Crippen MR) is 77.3 cm³/mol. The van der Waals surface area contributed by atoms with Gasteiger partial charge in [0.25, 0.3) is 0 Å². The average molecular weight is 268 g/mol. The number of hydrogen-bond donors (Lipinski definition) is 1. The minimum Gasteiger partial charge on any atom is -0.380 e. The standard InChI is InChI=1S/C14H16N6/c1-10(2)20-14-12(7-19-20)3-13(8-18-14)17-6-11-4-15-9-16-5-11/h3-5,7-10,17H,6H2,1-2H3. The second-order valence-corrected chi connectivity index (χ2v) is 4.92. The van der Waals surface area contributed by atoms with Crippen molar-refractivity contribution in [3.63, 3.8) is 0 Å². The van der Waals surface area contributed by atoms with Crippen LogP contribution in [0.2, 0.25) is 0 Å². The molecule has 0 aromatic carbocycles. The molecule has 0 radical (unpaired) electrons. The van der Waals surface area contributed by atoms with Gasteiger partial charge in [0.1, 0.15) is 6.33 Å². The van der Waals surface area contributed by atoms with E-state index in [0.29, 0.717) is 12.6 Å². The molecule has 20 heavy (non-hydrogen) atoms.